The highest BCUT2D eigenvalue weighted by Crippen LogP contribution is 2.11. The highest BCUT2D eigenvalue weighted by Gasteiger charge is 2.13. The molecule has 0 unspecified atom stereocenters. The van der Waals surface area contributed by atoms with Gasteiger partial charge in [0.1, 0.15) is 0 Å². The summed E-state index contributed by atoms with van der Waals surface area (Å²) in [5.74, 6) is 0.863. The van der Waals surface area contributed by atoms with Crippen molar-refractivity contribution in [2.75, 3.05) is 13.1 Å². The summed E-state index contributed by atoms with van der Waals surface area (Å²) in [7, 11) is 0. The fourth-order valence-electron chi connectivity index (χ4n) is 3.69. The van der Waals surface area contributed by atoms with Gasteiger partial charge in [-0.2, -0.15) is 0 Å². The van der Waals surface area contributed by atoms with Crippen molar-refractivity contribution in [1.29, 1.82) is 0 Å². The zero-order chi connectivity index (χ0) is 21.0. The zero-order valence-electron chi connectivity index (χ0n) is 19.3. The summed E-state index contributed by atoms with van der Waals surface area (Å²) in [5.41, 5.74) is 0. The van der Waals surface area contributed by atoms with Crippen LogP contribution in [0.5, 0.6) is 0 Å². The number of nitrogens with one attached hydrogen (secondary N) is 2. The second kappa shape index (κ2) is 19.3. The lowest BCUT2D eigenvalue weighted by Gasteiger charge is -2.12. The van der Waals surface area contributed by atoms with E-state index in [2.05, 4.69) is 38.3 Å². The third-order valence-corrected chi connectivity index (χ3v) is 5.91. The van der Waals surface area contributed by atoms with Crippen molar-refractivity contribution in [1.82, 2.24) is 10.6 Å². The average Bonchev–Trinajstić information content (AvgIpc) is 2.70. The molecule has 4 heteroatoms. The lowest BCUT2D eigenvalue weighted by molar-refractivity contribution is -0.126. The normalized spacial score (nSPS) is 11.2. The molecule has 0 saturated heterocycles. The molecule has 0 radical (unpaired) electrons. The first-order valence-electron chi connectivity index (χ1n) is 12.2. The molecule has 166 valence electrons. The van der Waals surface area contributed by atoms with Crippen molar-refractivity contribution in [2.24, 2.45) is 11.8 Å². The van der Waals surface area contributed by atoms with Gasteiger partial charge in [0.05, 0.1) is 0 Å². The number of hydrogen-bond acceptors (Lipinski definition) is 2. The van der Waals surface area contributed by atoms with Gasteiger partial charge in [-0.25, -0.2) is 0 Å². The zero-order valence-corrected chi connectivity index (χ0v) is 19.3. The Bertz CT molecular complexity index is 341. The van der Waals surface area contributed by atoms with Crippen LogP contribution in [-0.4, -0.2) is 24.9 Å². The highest BCUT2D eigenvalue weighted by atomic mass is 16.2. The Kier molecular flexibility index (Phi) is 18.5. The standard InChI is InChI=1S/C24H48N2O2/c1-5-21(6-2)23(27)25-19-17-15-13-11-9-10-12-14-16-18-20-26-24(28)22(7-3)8-4/h21-22H,5-20H2,1-4H3,(H,25,27)(H,26,28). The molecule has 0 aliphatic rings. The number of amides is 2. The van der Waals surface area contributed by atoms with Crippen LogP contribution < -0.4 is 10.6 Å². The predicted molar refractivity (Wildman–Crippen MR) is 120 cm³/mol. The number of carbonyl (C=O) groups is 2. The minimum Gasteiger partial charge on any atom is -0.356 e. The Labute approximate surface area is 175 Å². The second-order valence-corrected chi connectivity index (χ2v) is 8.14. The number of carbonyl (C=O) groups excluding carboxylic acids is 2. The lowest BCUT2D eigenvalue weighted by atomic mass is 10.0. The fraction of sp³-hybridized carbons (Fsp3) is 0.917. The van der Waals surface area contributed by atoms with Crippen LogP contribution in [-0.2, 0) is 9.59 Å². The number of hydrogen-bond donors (Lipinski definition) is 2. The first-order valence-corrected chi connectivity index (χ1v) is 12.2. The van der Waals surface area contributed by atoms with Gasteiger partial charge >= 0.3 is 0 Å². The molecule has 0 fully saturated rings. The second-order valence-electron chi connectivity index (χ2n) is 8.14. The van der Waals surface area contributed by atoms with E-state index in [1.165, 1.54) is 51.4 Å². The van der Waals surface area contributed by atoms with Gasteiger partial charge in [0.15, 0.2) is 0 Å². The molecule has 28 heavy (non-hydrogen) atoms. The Morgan fingerprint density at radius 3 is 1.00 bits per heavy atom. The van der Waals surface area contributed by atoms with Crippen LogP contribution in [0.1, 0.15) is 118 Å². The van der Waals surface area contributed by atoms with Crippen molar-refractivity contribution in [2.45, 2.75) is 118 Å². The Hall–Kier alpha value is -1.06. The van der Waals surface area contributed by atoms with E-state index >= 15 is 0 Å². The van der Waals surface area contributed by atoms with Crippen molar-refractivity contribution >= 4 is 11.8 Å². The first kappa shape index (κ1) is 26.9. The Morgan fingerprint density at radius 1 is 0.500 bits per heavy atom. The molecular weight excluding hydrogens is 348 g/mol. The van der Waals surface area contributed by atoms with E-state index in [1.807, 2.05) is 0 Å². The summed E-state index contributed by atoms with van der Waals surface area (Å²) in [6, 6.07) is 0. The van der Waals surface area contributed by atoms with Gasteiger partial charge in [-0.3, -0.25) is 9.59 Å². The van der Waals surface area contributed by atoms with Crippen LogP contribution in [0.2, 0.25) is 0 Å². The molecule has 0 aromatic heterocycles. The molecule has 2 amide bonds. The molecular formula is C24H48N2O2. The third kappa shape index (κ3) is 14.0. The van der Waals surface area contributed by atoms with E-state index in [0.717, 1.165) is 51.6 Å². The summed E-state index contributed by atoms with van der Waals surface area (Å²) in [6.45, 7) is 10.0. The molecule has 0 heterocycles. The number of unbranched alkanes of at least 4 members (excludes halogenated alkanes) is 9. The summed E-state index contributed by atoms with van der Waals surface area (Å²) >= 11 is 0. The molecule has 0 aromatic carbocycles. The molecule has 4 nitrogen and oxygen atoms in total. The van der Waals surface area contributed by atoms with Gasteiger partial charge in [0, 0.05) is 24.9 Å². The third-order valence-electron chi connectivity index (χ3n) is 5.91. The minimum atomic E-state index is 0.195. The molecule has 0 saturated carbocycles. The van der Waals surface area contributed by atoms with Gasteiger partial charge in [-0.1, -0.05) is 79.1 Å². The van der Waals surface area contributed by atoms with Gasteiger partial charge in [-0.15, -0.1) is 0 Å². The topological polar surface area (TPSA) is 58.2 Å². The van der Waals surface area contributed by atoms with E-state index in [4.69, 9.17) is 0 Å². The molecule has 0 aliphatic heterocycles. The first-order chi connectivity index (χ1) is 13.6. The Balaban J connectivity index is 3.32. The predicted octanol–water partition coefficient (Wildman–Crippen LogP) is 5.99. The SMILES string of the molecule is CCC(CC)C(=O)NCCCCCCCCCCCCNC(=O)C(CC)CC. The van der Waals surface area contributed by atoms with Crippen LogP contribution in [0.4, 0.5) is 0 Å². The monoisotopic (exact) mass is 396 g/mol. The van der Waals surface area contributed by atoms with Crippen LogP contribution in [0, 0.1) is 11.8 Å². The summed E-state index contributed by atoms with van der Waals surface area (Å²) < 4.78 is 0. The maximum absolute atomic E-state index is 11.9. The van der Waals surface area contributed by atoms with E-state index in [1.54, 1.807) is 0 Å². The molecule has 0 atom stereocenters. The molecule has 2 N–H and O–H groups in total. The van der Waals surface area contributed by atoms with Gasteiger partial charge in [0.2, 0.25) is 11.8 Å². The van der Waals surface area contributed by atoms with E-state index in [-0.39, 0.29) is 23.7 Å². The van der Waals surface area contributed by atoms with E-state index < -0.39 is 0 Å². The summed E-state index contributed by atoms with van der Waals surface area (Å²) in [4.78, 5) is 23.7. The average molecular weight is 397 g/mol. The number of rotatable bonds is 19. The van der Waals surface area contributed by atoms with E-state index in [9.17, 15) is 9.59 Å². The van der Waals surface area contributed by atoms with Gasteiger partial charge < -0.3 is 10.6 Å². The minimum absolute atomic E-state index is 0.195. The maximum atomic E-state index is 11.9. The van der Waals surface area contributed by atoms with Crippen LogP contribution in [0.25, 0.3) is 0 Å². The van der Waals surface area contributed by atoms with Crippen LogP contribution >= 0.6 is 0 Å². The quantitative estimate of drug-likeness (QED) is 0.263. The van der Waals surface area contributed by atoms with Crippen LogP contribution in [0.3, 0.4) is 0 Å². The van der Waals surface area contributed by atoms with Crippen molar-refractivity contribution in [3.63, 3.8) is 0 Å². The lowest BCUT2D eigenvalue weighted by Crippen LogP contribution is -2.30. The summed E-state index contributed by atoms with van der Waals surface area (Å²) in [5, 5.41) is 6.15. The summed E-state index contributed by atoms with van der Waals surface area (Å²) in [6.07, 6.45) is 16.2. The maximum Gasteiger partial charge on any atom is 0.223 e. The molecule has 0 bridgehead atoms. The van der Waals surface area contributed by atoms with Crippen LogP contribution in [0.15, 0.2) is 0 Å². The highest BCUT2D eigenvalue weighted by molar-refractivity contribution is 5.78. The molecule has 0 aliphatic carbocycles. The molecule has 0 aromatic rings. The van der Waals surface area contributed by atoms with E-state index in [0.29, 0.717) is 0 Å². The van der Waals surface area contributed by atoms with Gasteiger partial charge in [-0.05, 0) is 38.5 Å². The largest absolute Gasteiger partial charge is 0.356 e. The fourth-order valence-corrected chi connectivity index (χ4v) is 3.69. The smallest absolute Gasteiger partial charge is 0.223 e. The van der Waals surface area contributed by atoms with Crippen molar-refractivity contribution < 1.29 is 9.59 Å². The molecule has 0 rings (SSSR count). The van der Waals surface area contributed by atoms with Crippen molar-refractivity contribution in [3.05, 3.63) is 0 Å². The molecule has 0 spiro atoms. The van der Waals surface area contributed by atoms with Crippen molar-refractivity contribution in [3.8, 4) is 0 Å². The van der Waals surface area contributed by atoms with Gasteiger partial charge in [0.25, 0.3) is 0 Å². The Morgan fingerprint density at radius 2 is 0.750 bits per heavy atom.